The molecule has 1 saturated heterocycles. The molecule has 0 radical (unpaired) electrons. The number of piperazine rings is 1. The molecule has 0 saturated carbocycles. The van der Waals surface area contributed by atoms with Crippen LogP contribution in [0.2, 0.25) is 0 Å². The smallest absolute Gasteiger partial charge is 0.0777 e. The maximum atomic E-state index is 4.75. The lowest BCUT2D eigenvalue weighted by atomic mass is 9.97. The molecule has 0 aliphatic carbocycles. The lowest BCUT2D eigenvalue weighted by molar-refractivity contribution is 0.195. The first-order chi connectivity index (χ1) is 12.8. The van der Waals surface area contributed by atoms with Crippen LogP contribution in [0.1, 0.15) is 22.9 Å². The molecule has 132 valence electrons. The second-order valence-corrected chi connectivity index (χ2v) is 6.94. The second-order valence-electron chi connectivity index (χ2n) is 6.94. The number of pyridine rings is 1. The van der Waals surface area contributed by atoms with Crippen molar-refractivity contribution in [1.82, 2.24) is 15.2 Å². The summed E-state index contributed by atoms with van der Waals surface area (Å²) in [6.45, 7) is 6.24. The number of benzene rings is 2. The molecule has 1 aromatic heterocycles. The Hall–Kier alpha value is -2.49. The minimum absolute atomic E-state index is 0.211. The average molecular weight is 343 g/mol. The molecule has 1 unspecified atom stereocenters. The highest BCUT2D eigenvalue weighted by Gasteiger charge is 2.24. The number of hydrogen-bond donors (Lipinski definition) is 1. The molecular weight excluding hydrogens is 318 g/mol. The van der Waals surface area contributed by atoms with E-state index in [1.165, 1.54) is 22.3 Å². The maximum absolute atomic E-state index is 4.75. The van der Waals surface area contributed by atoms with Gasteiger partial charge >= 0.3 is 0 Å². The van der Waals surface area contributed by atoms with E-state index < -0.39 is 0 Å². The molecule has 3 nitrogen and oxygen atoms in total. The van der Waals surface area contributed by atoms with Crippen molar-refractivity contribution >= 4 is 0 Å². The second kappa shape index (κ2) is 7.81. The molecule has 3 heteroatoms. The van der Waals surface area contributed by atoms with Crippen LogP contribution in [0.3, 0.4) is 0 Å². The van der Waals surface area contributed by atoms with Gasteiger partial charge in [-0.1, -0.05) is 60.7 Å². The Balaban J connectivity index is 1.68. The Morgan fingerprint density at radius 3 is 2.19 bits per heavy atom. The number of hydrogen-bond acceptors (Lipinski definition) is 3. The Morgan fingerprint density at radius 1 is 0.846 bits per heavy atom. The van der Waals surface area contributed by atoms with Gasteiger partial charge in [-0.2, -0.15) is 0 Å². The fraction of sp³-hybridized carbons (Fsp3) is 0.261. The van der Waals surface area contributed by atoms with E-state index in [1.807, 2.05) is 6.20 Å². The van der Waals surface area contributed by atoms with Gasteiger partial charge in [0.15, 0.2) is 0 Å². The quantitative estimate of drug-likeness (QED) is 0.774. The summed E-state index contributed by atoms with van der Waals surface area (Å²) >= 11 is 0. The molecule has 3 aromatic rings. The molecule has 0 amide bonds. The third-order valence-corrected chi connectivity index (χ3v) is 5.06. The van der Waals surface area contributed by atoms with Crippen LogP contribution in [0.4, 0.5) is 0 Å². The summed E-state index contributed by atoms with van der Waals surface area (Å²) < 4.78 is 0. The minimum Gasteiger partial charge on any atom is -0.314 e. The van der Waals surface area contributed by atoms with Crippen LogP contribution in [0.15, 0.2) is 72.9 Å². The highest BCUT2D eigenvalue weighted by Crippen LogP contribution is 2.29. The third kappa shape index (κ3) is 3.69. The van der Waals surface area contributed by atoms with Crippen LogP contribution in [-0.4, -0.2) is 36.1 Å². The van der Waals surface area contributed by atoms with E-state index in [4.69, 9.17) is 4.98 Å². The van der Waals surface area contributed by atoms with Crippen molar-refractivity contribution in [1.29, 1.82) is 0 Å². The first-order valence-electron chi connectivity index (χ1n) is 9.34. The van der Waals surface area contributed by atoms with Crippen molar-refractivity contribution < 1.29 is 0 Å². The van der Waals surface area contributed by atoms with Gasteiger partial charge in [-0.05, 0) is 35.2 Å². The first kappa shape index (κ1) is 17.0. The molecular formula is C23H25N3. The van der Waals surface area contributed by atoms with Crippen molar-refractivity contribution in [2.45, 2.75) is 13.0 Å². The van der Waals surface area contributed by atoms with E-state index >= 15 is 0 Å². The predicted molar refractivity (Wildman–Crippen MR) is 107 cm³/mol. The molecule has 2 heterocycles. The summed E-state index contributed by atoms with van der Waals surface area (Å²) in [5.74, 6) is 0. The zero-order valence-corrected chi connectivity index (χ0v) is 15.2. The number of aryl methyl sites for hydroxylation is 1. The standard InChI is InChI=1S/C23H25N3/c1-18-7-12-22(25-17-18)23(26-15-13-24-14-16-26)21-10-8-20(9-11-21)19-5-3-2-4-6-19/h2-12,17,23-24H,13-16H2,1H3. The van der Waals surface area contributed by atoms with Crippen molar-refractivity contribution in [3.63, 3.8) is 0 Å². The summed E-state index contributed by atoms with van der Waals surface area (Å²) in [5, 5.41) is 3.45. The largest absolute Gasteiger partial charge is 0.314 e. The molecule has 0 bridgehead atoms. The molecule has 2 aromatic carbocycles. The van der Waals surface area contributed by atoms with Crippen molar-refractivity contribution in [3.05, 3.63) is 89.7 Å². The fourth-order valence-corrected chi connectivity index (χ4v) is 3.64. The van der Waals surface area contributed by atoms with Gasteiger partial charge in [-0.15, -0.1) is 0 Å². The van der Waals surface area contributed by atoms with Gasteiger partial charge in [0.2, 0.25) is 0 Å². The van der Waals surface area contributed by atoms with E-state index in [0.29, 0.717) is 0 Å². The average Bonchev–Trinajstić information content (AvgIpc) is 2.72. The van der Waals surface area contributed by atoms with Gasteiger partial charge in [0.1, 0.15) is 0 Å². The van der Waals surface area contributed by atoms with Gasteiger partial charge < -0.3 is 5.32 Å². The maximum Gasteiger partial charge on any atom is 0.0777 e. The lowest BCUT2D eigenvalue weighted by Crippen LogP contribution is -2.45. The highest BCUT2D eigenvalue weighted by atomic mass is 15.2. The third-order valence-electron chi connectivity index (χ3n) is 5.06. The minimum atomic E-state index is 0.211. The summed E-state index contributed by atoms with van der Waals surface area (Å²) in [6, 6.07) is 24.1. The summed E-state index contributed by atoms with van der Waals surface area (Å²) in [6.07, 6.45) is 1.98. The molecule has 4 rings (SSSR count). The highest BCUT2D eigenvalue weighted by molar-refractivity contribution is 5.63. The van der Waals surface area contributed by atoms with E-state index in [1.54, 1.807) is 0 Å². The molecule has 26 heavy (non-hydrogen) atoms. The van der Waals surface area contributed by atoms with Crippen LogP contribution < -0.4 is 5.32 Å². The Bertz CT molecular complexity index is 820. The zero-order valence-electron chi connectivity index (χ0n) is 15.2. The van der Waals surface area contributed by atoms with Crippen molar-refractivity contribution in [2.24, 2.45) is 0 Å². The van der Waals surface area contributed by atoms with Crippen LogP contribution >= 0.6 is 0 Å². The van der Waals surface area contributed by atoms with Crippen molar-refractivity contribution in [3.8, 4) is 11.1 Å². The first-order valence-corrected chi connectivity index (χ1v) is 9.34. The molecule has 1 fully saturated rings. The summed E-state index contributed by atoms with van der Waals surface area (Å²) in [5.41, 5.74) is 6.15. The van der Waals surface area contributed by atoms with Crippen LogP contribution in [0.5, 0.6) is 0 Å². The van der Waals surface area contributed by atoms with E-state index in [0.717, 1.165) is 31.9 Å². The number of nitrogens with one attached hydrogen (secondary N) is 1. The van der Waals surface area contributed by atoms with E-state index in [-0.39, 0.29) is 6.04 Å². The molecule has 1 atom stereocenters. The lowest BCUT2D eigenvalue weighted by Gasteiger charge is -2.35. The SMILES string of the molecule is Cc1ccc(C(c2ccc(-c3ccccc3)cc2)N2CCNCC2)nc1. The molecule has 1 N–H and O–H groups in total. The monoisotopic (exact) mass is 343 g/mol. The molecule has 0 spiro atoms. The van der Waals surface area contributed by atoms with Crippen LogP contribution in [0.25, 0.3) is 11.1 Å². The van der Waals surface area contributed by atoms with Crippen molar-refractivity contribution in [2.75, 3.05) is 26.2 Å². The Labute approximate surface area is 155 Å². The Kier molecular flexibility index (Phi) is 5.09. The predicted octanol–water partition coefficient (Wildman–Crippen LogP) is 4.05. The Morgan fingerprint density at radius 2 is 1.54 bits per heavy atom. The van der Waals surface area contributed by atoms with Gasteiger partial charge in [0.05, 0.1) is 11.7 Å². The van der Waals surface area contributed by atoms with Gasteiger partial charge in [0.25, 0.3) is 0 Å². The summed E-state index contributed by atoms with van der Waals surface area (Å²) in [7, 11) is 0. The van der Waals surface area contributed by atoms with Crippen LogP contribution in [0, 0.1) is 6.92 Å². The van der Waals surface area contributed by atoms with E-state index in [9.17, 15) is 0 Å². The fourth-order valence-electron chi connectivity index (χ4n) is 3.64. The van der Waals surface area contributed by atoms with Crippen LogP contribution in [-0.2, 0) is 0 Å². The number of aromatic nitrogens is 1. The van der Waals surface area contributed by atoms with E-state index in [2.05, 4.69) is 83.9 Å². The summed E-state index contributed by atoms with van der Waals surface area (Å²) in [4.78, 5) is 7.28. The van der Waals surface area contributed by atoms with Gasteiger partial charge in [-0.3, -0.25) is 9.88 Å². The molecule has 1 aliphatic rings. The normalized spacial score (nSPS) is 16.3. The van der Waals surface area contributed by atoms with Gasteiger partial charge in [0, 0.05) is 32.4 Å². The number of nitrogens with zero attached hydrogens (tertiary/aromatic N) is 2. The van der Waals surface area contributed by atoms with Gasteiger partial charge in [-0.25, -0.2) is 0 Å². The topological polar surface area (TPSA) is 28.2 Å². The number of rotatable bonds is 4. The molecule has 1 aliphatic heterocycles. The zero-order chi connectivity index (χ0) is 17.8.